The molecular formula is C13H17N5OS. The maximum Gasteiger partial charge on any atom is 0.258 e. The Morgan fingerprint density at radius 3 is 2.95 bits per heavy atom. The first kappa shape index (κ1) is 14.3. The average Bonchev–Trinajstić information content (AvgIpc) is 2.78. The van der Waals surface area contributed by atoms with Crippen molar-refractivity contribution in [1.29, 1.82) is 0 Å². The molecule has 2 aromatic rings. The van der Waals surface area contributed by atoms with E-state index in [0.717, 1.165) is 5.56 Å². The summed E-state index contributed by atoms with van der Waals surface area (Å²) in [6, 6.07) is 3.87. The number of hydrogen-bond donors (Lipinski definition) is 3. The smallest absolute Gasteiger partial charge is 0.258 e. The fourth-order valence-electron chi connectivity index (χ4n) is 1.66. The molecule has 0 spiro atoms. The minimum absolute atomic E-state index is 0.0490. The second kappa shape index (κ2) is 6.33. The molecule has 0 aliphatic carbocycles. The number of nitrogens with zero attached hydrogens (tertiary/aromatic N) is 2. The third-order valence-corrected chi connectivity index (χ3v) is 3.36. The molecule has 0 atom stereocenters. The van der Waals surface area contributed by atoms with E-state index in [1.807, 2.05) is 26.0 Å². The number of carbonyl (C=O) groups excluding carboxylic acids is 1. The van der Waals surface area contributed by atoms with Crippen LogP contribution >= 0.6 is 11.5 Å². The van der Waals surface area contributed by atoms with Crippen molar-refractivity contribution in [3.63, 3.8) is 0 Å². The lowest BCUT2D eigenvalue weighted by Crippen LogP contribution is -2.30. The molecule has 20 heavy (non-hydrogen) atoms. The van der Waals surface area contributed by atoms with Crippen molar-refractivity contribution in [1.82, 2.24) is 14.7 Å². The number of nitrogens with two attached hydrogens (primary N) is 1. The molecule has 6 nitrogen and oxygen atoms in total. The Bertz CT molecular complexity index is 582. The number of aromatic nitrogens is 2. The lowest BCUT2D eigenvalue weighted by Gasteiger charge is -2.10. The number of anilines is 2. The Labute approximate surface area is 121 Å². The standard InChI is InChI=1S/C13H17N5OS/c1-8(2)17-12(19)10-11(14)18-20-13(10)16-7-9-4-3-5-15-6-9/h3-6,8,16H,7H2,1-2H3,(H2,14,18)(H,17,19). The van der Waals surface area contributed by atoms with Crippen LogP contribution in [0.25, 0.3) is 0 Å². The first-order valence-electron chi connectivity index (χ1n) is 6.26. The van der Waals surface area contributed by atoms with Crippen molar-refractivity contribution >= 4 is 28.3 Å². The van der Waals surface area contributed by atoms with E-state index in [1.165, 1.54) is 11.5 Å². The van der Waals surface area contributed by atoms with Crippen molar-refractivity contribution < 1.29 is 4.79 Å². The van der Waals surface area contributed by atoms with Crippen molar-refractivity contribution in [2.24, 2.45) is 0 Å². The first-order valence-corrected chi connectivity index (χ1v) is 7.04. The summed E-state index contributed by atoms with van der Waals surface area (Å²) in [7, 11) is 0. The largest absolute Gasteiger partial charge is 0.382 e. The van der Waals surface area contributed by atoms with Crippen LogP contribution in [-0.2, 0) is 6.54 Å². The zero-order chi connectivity index (χ0) is 14.5. The van der Waals surface area contributed by atoms with E-state index in [9.17, 15) is 4.79 Å². The summed E-state index contributed by atoms with van der Waals surface area (Å²) < 4.78 is 4.04. The van der Waals surface area contributed by atoms with Gasteiger partial charge in [0.2, 0.25) is 0 Å². The monoisotopic (exact) mass is 291 g/mol. The molecule has 2 aromatic heterocycles. The Hall–Kier alpha value is -2.15. The maximum atomic E-state index is 12.1. The molecule has 106 valence electrons. The zero-order valence-corrected chi connectivity index (χ0v) is 12.2. The van der Waals surface area contributed by atoms with Crippen LogP contribution in [0.3, 0.4) is 0 Å². The van der Waals surface area contributed by atoms with Crippen LogP contribution in [0.5, 0.6) is 0 Å². The van der Waals surface area contributed by atoms with Crippen LogP contribution in [0.4, 0.5) is 10.8 Å². The van der Waals surface area contributed by atoms with Crippen LogP contribution in [0.2, 0.25) is 0 Å². The molecule has 0 bridgehead atoms. The fourth-order valence-corrected chi connectivity index (χ4v) is 2.37. The predicted molar refractivity (Wildman–Crippen MR) is 80.7 cm³/mol. The highest BCUT2D eigenvalue weighted by atomic mass is 32.1. The SMILES string of the molecule is CC(C)NC(=O)c1c(N)nsc1NCc1cccnc1. The van der Waals surface area contributed by atoms with Crippen LogP contribution < -0.4 is 16.4 Å². The second-order valence-electron chi connectivity index (χ2n) is 4.61. The van der Waals surface area contributed by atoms with Crippen molar-refractivity contribution in [3.05, 3.63) is 35.7 Å². The normalized spacial score (nSPS) is 10.6. The second-order valence-corrected chi connectivity index (χ2v) is 5.39. The topological polar surface area (TPSA) is 92.9 Å². The Morgan fingerprint density at radius 1 is 1.50 bits per heavy atom. The third kappa shape index (κ3) is 3.45. The van der Waals surface area contributed by atoms with Gasteiger partial charge in [0.15, 0.2) is 5.82 Å². The van der Waals surface area contributed by atoms with Gasteiger partial charge in [-0.3, -0.25) is 9.78 Å². The molecule has 1 amide bonds. The van der Waals surface area contributed by atoms with Gasteiger partial charge in [0.05, 0.1) is 0 Å². The summed E-state index contributed by atoms with van der Waals surface area (Å²) >= 11 is 1.18. The molecule has 0 saturated carbocycles. The highest BCUT2D eigenvalue weighted by Gasteiger charge is 2.19. The van der Waals surface area contributed by atoms with E-state index in [2.05, 4.69) is 20.0 Å². The lowest BCUT2D eigenvalue weighted by molar-refractivity contribution is 0.0945. The van der Waals surface area contributed by atoms with Crippen molar-refractivity contribution in [2.45, 2.75) is 26.4 Å². The highest BCUT2D eigenvalue weighted by Crippen LogP contribution is 2.27. The van der Waals surface area contributed by atoms with Crippen LogP contribution in [0.1, 0.15) is 29.8 Å². The lowest BCUT2D eigenvalue weighted by atomic mass is 10.2. The molecule has 7 heteroatoms. The number of nitrogens with one attached hydrogen (secondary N) is 2. The van der Waals surface area contributed by atoms with Gasteiger partial charge in [-0.25, -0.2) is 0 Å². The van der Waals surface area contributed by atoms with Gasteiger partial charge in [-0.1, -0.05) is 6.07 Å². The van der Waals surface area contributed by atoms with E-state index < -0.39 is 0 Å². The molecule has 0 aromatic carbocycles. The number of carbonyl (C=O) groups is 1. The van der Waals surface area contributed by atoms with Gasteiger partial charge in [0.25, 0.3) is 5.91 Å². The molecule has 0 unspecified atom stereocenters. The summed E-state index contributed by atoms with van der Waals surface area (Å²) in [5, 5.41) is 6.67. The van der Waals surface area contributed by atoms with Crippen LogP contribution in [-0.4, -0.2) is 21.3 Å². The first-order chi connectivity index (χ1) is 9.58. The number of pyridine rings is 1. The van der Waals surface area contributed by atoms with E-state index in [-0.39, 0.29) is 17.8 Å². The van der Waals surface area contributed by atoms with Gasteiger partial charge in [-0.15, -0.1) is 0 Å². The molecule has 4 N–H and O–H groups in total. The molecule has 0 aliphatic heterocycles. The van der Waals surface area contributed by atoms with Gasteiger partial charge in [-0.05, 0) is 37.0 Å². The Kier molecular flexibility index (Phi) is 4.52. The number of amides is 1. The van der Waals surface area contributed by atoms with E-state index >= 15 is 0 Å². The van der Waals surface area contributed by atoms with E-state index in [0.29, 0.717) is 17.1 Å². The molecule has 0 fully saturated rings. The van der Waals surface area contributed by atoms with E-state index in [4.69, 9.17) is 5.73 Å². The quantitative estimate of drug-likeness (QED) is 0.782. The molecule has 0 radical (unpaired) electrons. The Morgan fingerprint density at radius 2 is 2.30 bits per heavy atom. The van der Waals surface area contributed by atoms with Gasteiger partial charge >= 0.3 is 0 Å². The van der Waals surface area contributed by atoms with Gasteiger partial charge in [0, 0.05) is 25.0 Å². The summed E-state index contributed by atoms with van der Waals surface area (Å²) in [5.41, 5.74) is 7.21. The fraction of sp³-hybridized carbons (Fsp3) is 0.308. The molecule has 0 saturated heterocycles. The van der Waals surface area contributed by atoms with E-state index in [1.54, 1.807) is 12.4 Å². The minimum Gasteiger partial charge on any atom is -0.382 e. The highest BCUT2D eigenvalue weighted by molar-refractivity contribution is 7.11. The summed E-state index contributed by atoms with van der Waals surface area (Å²) in [5.74, 6) is 0.0433. The van der Waals surface area contributed by atoms with Crippen molar-refractivity contribution in [3.8, 4) is 0 Å². The molecule has 2 rings (SSSR count). The van der Waals surface area contributed by atoms with Crippen molar-refractivity contribution in [2.75, 3.05) is 11.1 Å². The average molecular weight is 291 g/mol. The number of rotatable bonds is 5. The molecule has 2 heterocycles. The summed E-state index contributed by atoms with van der Waals surface area (Å²) in [6.45, 7) is 4.37. The Balaban J connectivity index is 2.11. The van der Waals surface area contributed by atoms with Crippen LogP contribution in [0.15, 0.2) is 24.5 Å². The number of hydrogen-bond acceptors (Lipinski definition) is 6. The number of nitrogen functional groups attached to an aromatic ring is 1. The van der Waals surface area contributed by atoms with Gasteiger partial charge in [-0.2, -0.15) is 4.37 Å². The van der Waals surface area contributed by atoms with Gasteiger partial charge < -0.3 is 16.4 Å². The maximum absolute atomic E-state index is 12.1. The third-order valence-electron chi connectivity index (χ3n) is 2.54. The van der Waals surface area contributed by atoms with Crippen LogP contribution in [0, 0.1) is 0 Å². The summed E-state index contributed by atoms with van der Waals surface area (Å²) in [6.07, 6.45) is 3.49. The predicted octanol–water partition coefficient (Wildman–Crippen LogP) is 1.87. The zero-order valence-electron chi connectivity index (χ0n) is 11.4. The minimum atomic E-state index is -0.208. The van der Waals surface area contributed by atoms with Gasteiger partial charge in [0.1, 0.15) is 10.6 Å². The molecular weight excluding hydrogens is 274 g/mol. The molecule has 0 aliphatic rings. The summed E-state index contributed by atoms with van der Waals surface area (Å²) in [4.78, 5) is 16.1.